The molecule has 0 bridgehead atoms. The summed E-state index contributed by atoms with van der Waals surface area (Å²) in [4.78, 5) is 19.2. The molecule has 1 amide bonds. The Balaban J connectivity index is 1.75. The molecule has 5 heteroatoms. The standard InChI is InChI=1S/C19H20N2O2Se/c22-19(21-14-8-3-9-15-21)23-20-18(16-10-4-1-5-11-16)24-17-12-6-2-7-13-17/h1-2,4-7,10-13H,3,8-9,14-15H2/b20-18-. The van der Waals surface area contributed by atoms with Crippen molar-refractivity contribution >= 4 is 30.1 Å². The topological polar surface area (TPSA) is 41.9 Å². The van der Waals surface area contributed by atoms with Gasteiger partial charge in [-0.15, -0.1) is 0 Å². The Kier molecular flexibility index (Phi) is 6.05. The Morgan fingerprint density at radius 3 is 2.21 bits per heavy atom. The summed E-state index contributed by atoms with van der Waals surface area (Å²) in [6.07, 6.45) is 2.92. The van der Waals surface area contributed by atoms with E-state index in [1.165, 1.54) is 10.9 Å². The number of likely N-dealkylation sites (tertiary alicyclic amines) is 1. The van der Waals surface area contributed by atoms with Crippen LogP contribution in [0.4, 0.5) is 4.79 Å². The minimum absolute atomic E-state index is 0.0230. The van der Waals surface area contributed by atoms with Crippen molar-refractivity contribution in [1.29, 1.82) is 0 Å². The van der Waals surface area contributed by atoms with Crippen molar-refractivity contribution in [2.45, 2.75) is 19.3 Å². The van der Waals surface area contributed by atoms with Crippen LogP contribution in [0.25, 0.3) is 0 Å². The minimum atomic E-state index is -0.341. The van der Waals surface area contributed by atoms with Gasteiger partial charge >= 0.3 is 148 Å². The maximum atomic E-state index is 12.2. The van der Waals surface area contributed by atoms with Crippen molar-refractivity contribution in [3.63, 3.8) is 0 Å². The molecule has 0 N–H and O–H groups in total. The van der Waals surface area contributed by atoms with E-state index in [1.807, 2.05) is 48.5 Å². The molecule has 4 nitrogen and oxygen atoms in total. The van der Waals surface area contributed by atoms with Gasteiger partial charge in [-0.1, -0.05) is 0 Å². The molecule has 124 valence electrons. The molecule has 0 aromatic heterocycles. The molecule has 1 saturated heterocycles. The third-order valence-corrected chi connectivity index (χ3v) is 5.92. The predicted molar refractivity (Wildman–Crippen MR) is 96.7 cm³/mol. The zero-order valence-electron chi connectivity index (χ0n) is 13.4. The molecule has 0 radical (unpaired) electrons. The van der Waals surface area contributed by atoms with Gasteiger partial charge in [0.15, 0.2) is 0 Å². The van der Waals surface area contributed by atoms with Gasteiger partial charge in [-0.2, -0.15) is 0 Å². The van der Waals surface area contributed by atoms with Crippen LogP contribution in [0.3, 0.4) is 0 Å². The Morgan fingerprint density at radius 2 is 1.54 bits per heavy atom. The van der Waals surface area contributed by atoms with E-state index in [2.05, 4.69) is 17.3 Å². The molecule has 1 fully saturated rings. The molecule has 0 atom stereocenters. The Hall–Kier alpha value is -2.10. The fourth-order valence-electron chi connectivity index (χ4n) is 2.53. The molecule has 3 rings (SSSR count). The Morgan fingerprint density at radius 1 is 0.917 bits per heavy atom. The van der Waals surface area contributed by atoms with E-state index in [9.17, 15) is 4.79 Å². The number of amides is 1. The molecule has 0 aliphatic carbocycles. The summed E-state index contributed by atoms with van der Waals surface area (Å²) < 4.78 is 2.02. The molecular weight excluding hydrogens is 367 g/mol. The van der Waals surface area contributed by atoms with Crippen molar-refractivity contribution in [3.05, 3.63) is 66.2 Å². The van der Waals surface area contributed by atoms with Gasteiger partial charge in [0, 0.05) is 0 Å². The van der Waals surface area contributed by atoms with Gasteiger partial charge in [0.2, 0.25) is 0 Å². The van der Waals surface area contributed by atoms with E-state index in [1.54, 1.807) is 4.90 Å². The van der Waals surface area contributed by atoms with Crippen molar-refractivity contribution in [3.8, 4) is 0 Å². The zero-order valence-corrected chi connectivity index (χ0v) is 15.1. The number of piperidine rings is 1. The van der Waals surface area contributed by atoms with Gasteiger partial charge in [0.05, 0.1) is 0 Å². The first-order chi connectivity index (χ1) is 11.8. The van der Waals surface area contributed by atoms with Gasteiger partial charge in [-0.25, -0.2) is 0 Å². The SMILES string of the molecule is O=C(O/N=C(\[Se]c1ccccc1)c1ccccc1)N1CCCCC1. The fraction of sp³-hybridized carbons (Fsp3) is 0.263. The fourth-order valence-corrected chi connectivity index (χ4v) is 4.30. The van der Waals surface area contributed by atoms with Gasteiger partial charge in [-0.3, -0.25) is 0 Å². The third-order valence-electron chi connectivity index (χ3n) is 3.80. The van der Waals surface area contributed by atoms with Crippen LogP contribution in [0.2, 0.25) is 0 Å². The normalized spacial score (nSPS) is 15.2. The molecule has 0 spiro atoms. The second kappa shape index (κ2) is 8.67. The number of hydrogen-bond acceptors (Lipinski definition) is 3. The average Bonchev–Trinajstić information content (AvgIpc) is 2.67. The number of carbonyl (C=O) groups excluding carboxylic acids is 1. The van der Waals surface area contributed by atoms with E-state index in [-0.39, 0.29) is 21.1 Å². The third kappa shape index (κ3) is 4.70. The second-order valence-corrected chi connectivity index (χ2v) is 7.81. The van der Waals surface area contributed by atoms with E-state index >= 15 is 0 Å². The van der Waals surface area contributed by atoms with E-state index in [4.69, 9.17) is 4.84 Å². The zero-order chi connectivity index (χ0) is 16.6. The summed E-state index contributed by atoms with van der Waals surface area (Å²) in [7, 11) is 0. The number of carbonyl (C=O) groups is 1. The van der Waals surface area contributed by atoms with Crippen LogP contribution < -0.4 is 4.46 Å². The molecule has 0 unspecified atom stereocenters. The first-order valence-corrected chi connectivity index (χ1v) is 9.86. The predicted octanol–water partition coefficient (Wildman–Crippen LogP) is 3.00. The summed E-state index contributed by atoms with van der Waals surface area (Å²) in [5.74, 6) is 0. The first-order valence-electron chi connectivity index (χ1n) is 8.15. The summed E-state index contributed by atoms with van der Waals surface area (Å²) in [5.41, 5.74) is 0.993. The number of benzene rings is 2. The molecule has 1 heterocycles. The van der Waals surface area contributed by atoms with E-state index in [0.717, 1.165) is 36.1 Å². The average molecular weight is 387 g/mol. The number of hydrogen-bond donors (Lipinski definition) is 0. The molecule has 24 heavy (non-hydrogen) atoms. The summed E-state index contributed by atoms with van der Waals surface area (Å²) in [6, 6.07) is 20.1. The van der Waals surface area contributed by atoms with Crippen molar-refractivity contribution in [1.82, 2.24) is 4.90 Å². The van der Waals surface area contributed by atoms with Crippen LogP contribution in [0.5, 0.6) is 0 Å². The van der Waals surface area contributed by atoms with Gasteiger partial charge in [0.25, 0.3) is 0 Å². The van der Waals surface area contributed by atoms with Crippen LogP contribution in [0.1, 0.15) is 24.8 Å². The van der Waals surface area contributed by atoms with Crippen LogP contribution in [0.15, 0.2) is 65.8 Å². The molecule has 1 aliphatic rings. The van der Waals surface area contributed by atoms with Gasteiger partial charge in [-0.05, 0) is 0 Å². The van der Waals surface area contributed by atoms with Crippen LogP contribution in [-0.2, 0) is 4.84 Å². The molecular formula is C19H20N2O2Se. The number of oxime groups is 1. The summed E-state index contributed by atoms with van der Waals surface area (Å²) in [6.45, 7) is 1.53. The second-order valence-electron chi connectivity index (χ2n) is 5.58. The van der Waals surface area contributed by atoms with Crippen molar-refractivity contribution in [2.24, 2.45) is 5.16 Å². The van der Waals surface area contributed by atoms with Crippen molar-refractivity contribution in [2.75, 3.05) is 13.1 Å². The van der Waals surface area contributed by atoms with E-state index in [0.29, 0.717) is 0 Å². The number of nitrogens with zero attached hydrogens (tertiary/aromatic N) is 2. The molecule has 2 aromatic rings. The van der Waals surface area contributed by atoms with Gasteiger partial charge < -0.3 is 0 Å². The van der Waals surface area contributed by atoms with Crippen LogP contribution in [-0.4, -0.2) is 43.6 Å². The summed E-state index contributed by atoms with van der Waals surface area (Å²) >= 11 is -0.0230. The number of rotatable bonds is 4. The van der Waals surface area contributed by atoms with E-state index < -0.39 is 0 Å². The first kappa shape index (κ1) is 16.7. The monoisotopic (exact) mass is 388 g/mol. The van der Waals surface area contributed by atoms with Crippen LogP contribution >= 0.6 is 0 Å². The van der Waals surface area contributed by atoms with Crippen molar-refractivity contribution < 1.29 is 9.63 Å². The summed E-state index contributed by atoms with van der Waals surface area (Å²) in [5, 5.41) is 4.22. The maximum absolute atomic E-state index is 12.2. The van der Waals surface area contributed by atoms with Crippen LogP contribution in [0, 0.1) is 0 Å². The quantitative estimate of drug-likeness (QED) is 0.350. The molecule has 2 aromatic carbocycles. The Labute approximate surface area is 148 Å². The molecule has 1 aliphatic heterocycles. The Bertz CT molecular complexity index is 683. The van der Waals surface area contributed by atoms with Gasteiger partial charge in [0.1, 0.15) is 0 Å². The molecule has 0 saturated carbocycles.